The van der Waals surface area contributed by atoms with E-state index in [0.29, 0.717) is 11.3 Å². The molecule has 0 aliphatic carbocycles. The maximum absolute atomic E-state index is 12.7. The van der Waals surface area contributed by atoms with Gasteiger partial charge in [-0.1, -0.05) is 11.8 Å². The maximum atomic E-state index is 12.7. The molecule has 2 aromatic rings. The average Bonchev–Trinajstić information content (AvgIpc) is 2.71. The van der Waals surface area contributed by atoms with Crippen molar-refractivity contribution < 1.29 is 27.8 Å². The third kappa shape index (κ3) is 3.81. The first-order valence-corrected chi connectivity index (χ1v) is 6.74. The number of aromatic nitrogens is 2. The molecule has 114 valence electrons. The SMILES string of the molecule is COc1ccc2c(c1)nc(SCC(=O)O)n2CC(F)(F)F. The Morgan fingerprint density at radius 1 is 1.48 bits per heavy atom. The predicted octanol–water partition coefficient (Wildman–Crippen LogP) is 2.78. The molecule has 0 saturated heterocycles. The molecule has 2 rings (SSSR count). The van der Waals surface area contributed by atoms with E-state index in [0.717, 1.165) is 16.3 Å². The lowest BCUT2D eigenvalue weighted by Gasteiger charge is -2.11. The molecule has 0 amide bonds. The van der Waals surface area contributed by atoms with Crippen LogP contribution in [0.2, 0.25) is 0 Å². The molecule has 0 aliphatic rings. The first-order chi connectivity index (χ1) is 9.80. The van der Waals surface area contributed by atoms with E-state index in [9.17, 15) is 18.0 Å². The zero-order valence-electron chi connectivity index (χ0n) is 10.8. The van der Waals surface area contributed by atoms with Gasteiger partial charge in [-0.25, -0.2) is 4.98 Å². The fraction of sp³-hybridized carbons (Fsp3) is 0.333. The van der Waals surface area contributed by atoms with Crippen LogP contribution in [-0.4, -0.2) is 39.7 Å². The Morgan fingerprint density at radius 2 is 2.19 bits per heavy atom. The number of fused-ring (bicyclic) bond motifs is 1. The molecule has 0 aliphatic heterocycles. The number of carboxylic acid groups (broad SMARTS) is 1. The first-order valence-electron chi connectivity index (χ1n) is 5.76. The number of halogens is 3. The lowest BCUT2D eigenvalue weighted by molar-refractivity contribution is -0.141. The van der Waals surface area contributed by atoms with Gasteiger partial charge in [0.15, 0.2) is 5.16 Å². The number of nitrogens with zero attached hydrogens (tertiary/aromatic N) is 2. The van der Waals surface area contributed by atoms with Crippen molar-refractivity contribution in [2.45, 2.75) is 17.9 Å². The summed E-state index contributed by atoms with van der Waals surface area (Å²) in [5.74, 6) is -1.02. The van der Waals surface area contributed by atoms with Crippen molar-refractivity contribution >= 4 is 28.8 Å². The fourth-order valence-corrected chi connectivity index (χ4v) is 2.52. The van der Waals surface area contributed by atoms with Crippen LogP contribution in [0, 0.1) is 0 Å². The maximum Gasteiger partial charge on any atom is 0.406 e. The highest BCUT2D eigenvalue weighted by molar-refractivity contribution is 7.99. The molecular weight excluding hydrogens is 309 g/mol. The van der Waals surface area contributed by atoms with Crippen LogP contribution >= 0.6 is 11.8 Å². The number of methoxy groups -OCH3 is 1. The molecule has 0 spiro atoms. The van der Waals surface area contributed by atoms with Crippen molar-refractivity contribution in [3.05, 3.63) is 18.2 Å². The number of ether oxygens (including phenoxy) is 1. The first kappa shape index (κ1) is 15.5. The van der Waals surface area contributed by atoms with Crippen molar-refractivity contribution in [2.24, 2.45) is 0 Å². The molecule has 1 N–H and O–H groups in total. The van der Waals surface area contributed by atoms with Gasteiger partial charge in [0.05, 0.1) is 23.9 Å². The van der Waals surface area contributed by atoms with Crippen LogP contribution in [-0.2, 0) is 11.3 Å². The minimum Gasteiger partial charge on any atom is -0.497 e. The van der Waals surface area contributed by atoms with E-state index >= 15 is 0 Å². The molecule has 1 aromatic heterocycles. The molecule has 0 fully saturated rings. The van der Waals surface area contributed by atoms with Crippen molar-refractivity contribution in [1.82, 2.24) is 9.55 Å². The summed E-state index contributed by atoms with van der Waals surface area (Å²) in [5, 5.41) is 8.67. The van der Waals surface area contributed by atoms with Gasteiger partial charge in [-0.15, -0.1) is 0 Å². The summed E-state index contributed by atoms with van der Waals surface area (Å²) in [4.78, 5) is 14.6. The smallest absolute Gasteiger partial charge is 0.406 e. The van der Waals surface area contributed by atoms with E-state index in [1.54, 1.807) is 0 Å². The van der Waals surface area contributed by atoms with Crippen LogP contribution in [0.3, 0.4) is 0 Å². The Balaban J connectivity index is 2.47. The normalized spacial score (nSPS) is 11.8. The van der Waals surface area contributed by atoms with E-state index in [2.05, 4.69) is 4.98 Å². The monoisotopic (exact) mass is 320 g/mol. The van der Waals surface area contributed by atoms with Crippen LogP contribution < -0.4 is 4.74 Å². The lowest BCUT2D eigenvalue weighted by atomic mass is 10.3. The summed E-state index contributed by atoms with van der Waals surface area (Å²) in [5.41, 5.74) is 0.604. The molecule has 0 unspecified atom stereocenters. The lowest BCUT2D eigenvalue weighted by Crippen LogP contribution is -2.18. The highest BCUT2D eigenvalue weighted by Crippen LogP contribution is 2.30. The van der Waals surface area contributed by atoms with Gasteiger partial charge >= 0.3 is 12.1 Å². The van der Waals surface area contributed by atoms with Gasteiger partial charge in [0.25, 0.3) is 0 Å². The second-order valence-corrected chi connectivity index (χ2v) is 5.08. The van der Waals surface area contributed by atoms with Gasteiger partial charge in [-0.3, -0.25) is 4.79 Å². The van der Waals surface area contributed by atoms with Gasteiger partial charge in [-0.2, -0.15) is 13.2 Å². The van der Waals surface area contributed by atoms with Crippen molar-refractivity contribution in [3.8, 4) is 5.75 Å². The number of carbonyl (C=O) groups is 1. The molecular formula is C12H11F3N2O3S. The van der Waals surface area contributed by atoms with Crippen molar-refractivity contribution in [1.29, 1.82) is 0 Å². The minimum atomic E-state index is -4.42. The highest BCUT2D eigenvalue weighted by Gasteiger charge is 2.30. The van der Waals surface area contributed by atoms with Gasteiger partial charge in [-0.05, 0) is 12.1 Å². The third-order valence-electron chi connectivity index (χ3n) is 2.58. The summed E-state index contributed by atoms with van der Waals surface area (Å²) in [6, 6.07) is 4.51. The predicted molar refractivity (Wildman–Crippen MR) is 70.7 cm³/mol. The van der Waals surface area contributed by atoms with Crippen LogP contribution in [0.15, 0.2) is 23.4 Å². The van der Waals surface area contributed by atoms with Gasteiger partial charge in [0.2, 0.25) is 0 Å². The van der Waals surface area contributed by atoms with E-state index in [4.69, 9.17) is 9.84 Å². The van der Waals surface area contributed by atoms with Gasteiger partial charge < -0.3 is 14.4 Å². The molecule has 0 bridgehead atoms. The number of benzene rings is 1. The number of hydrogen-bond acceptors (Lipinski definition) is 4. The molecule has 21 heavy (non-hydrogen) atoms. The van der Waals surface area contributed by atoms with Crippen LogP contribution in [0.5, 0.6) is 5.75 Å². The number of aliphatic carboxylic acids is 1. The topological polar surface area (TPSA) is 64.3 Å². The van der Waals surface area contributed by atoms with Gasteiger partial charge in [0, 0.05) is 6.07 Å². The quantitative estimate of drug-likeness (QED) is 0.858. The summed E-state index contributed by atoms with van der Waals surface area (Å²) >= 11 is 0.747. The number of hydrogen-bond donors (Lipinski definition) is 1. The largest absolute Gasteiger partial charge is 0.497 e. The zero-order chi connectivity index (χ0) is 15.6. The molecule has 5 nitrogen and oxygen atoms in total. The van der Waals surface area contributed by atoms with E-state index in [1.807, 2.05) is 0 Å². The highest BCUT2D eigenvalue weighted by atomic mass is 32.2. The Bertz CT molecular complexity index is 670. The summed E-state index contributed by atoms with van der Waals surface area (Å²) in [7, 11) is 1.44. The van der Waals surface area contributed by atoms with Crippen LogP contribution in [0.25, 0.3) is 11.0 Å². The Morgan fingerprint density at radius 3 is 2.76 bits per heavy atom. The summed E-state index contributed by atoms with van der Waals surface area (Å²) in [6.45, 7) is -1.22. The fourth-order valence-electron chi connectivity index (χ4n) is 1.78. The van der Waals surface area contributed by atoms with Gasteiger partial charge in [0.1, 0.15) is 12.3 Å². The second-order valence-electron chi connectivity index (χ2n) is 4.13. The molecule has 0 radical (unpaired) electrons. The van der Waals surface area contributed by atoms with E-state index in [1.165, 1.54) is 25.3 Å². The third-order valence-corrected chi connectivity index (χ3v) is 3.54. The average molecular weight is 320 g/mol. The minimum absolute atomic E-state index is 0.0120. The van der Waals surface area contributed by atoms with Crippen LogP contribution in [0.1, 0.15) is 0 Å². The Kier molecular flexibility index (Phi) is 4.31. The number of alkyl halides is 3. The molecule has 1 aromatic carbocycles. The standard InChI is InChI=1S/C12H11F3N2O3S/c1-20-7-2-3-9-8(4-7)16-11(21-5-10(18)19)17(9)6-12(13,14)15/h2-4H,5-6H2,1H3,(H,18,19). The van der Waals surface area contributed by atoms with E-state index in [-0.39, 0.29) is 16.4 Å². The second kappa shape index (κ2) is 5.84. The molecule has 0 saturated carbocycles. The van der Waals surface area contributed by atoms with Crippen molar-refractivity contribution in [2.75, 3.05) is 12.9 Å². The zero-order valence-corrected chi connectivity index (χ0v) is 11.7. The number of imidazole rings is 1. The van der Waals surface area contributed by atoms with Crippen molar-refractivity contribution in [3.63, 3.8) is 0 Å². The molecule has 1 heterocycles. The molecule has 9 heteroatoms. The summed E-state index contributed by atoms with van der Waals surface area (Å²) < 4.78 is 44.0. The van der Waals surface area contributed by atoms with Crippen LogP contribution in [0.4, 0.5) is 13.2 Å². The summed E-state index contributed by atoms with van der Waals surface area (Å²) in [6.07, 6.45) is -4.42. The van der Waals surface area contributed by atoms with E-state index < -0.39 is 18.7 Å². The Labute approximate surface area is 121 Å². The number of thioether (sulfide) groups is 1. The molecule has 0 atom stereocenters. The Hall–Kier alpha value is -1.90. The number of rotatable bonds is 5. The number of carboxylic acids is 1.